The largest absolute Gasteiger partial charge is 0.444 e. The Morgan fingerprint density at radius 2 is 0.533 bits per heavy atom. The first-order chi connectivity index (χ1) is 29.5. The first-order valence-electron chi connectivity index (χ1n) is 22.9. The Kier molecular flexibility index (Phi) is 49.3. The predicted molar refractivity (Wildman–Crippen MR) is 231 cm³/mol. The van der Waals surface area contributed by atoms with Gasteiger partial charge in [0, 0.05) is 13.2 Å². The monoisotopic (exact) mass is 872 g/mol. The molecule has 0 aliphatic heterocycles. The van der Waals surface area contributed by atoms with E-state index in [0.29, 0.717) is 172 Å². The zero-order valence-electron chi connectivity index (χ0n) is 38.5. The molecule has 0 unspecified atom stereocenters. The maximum Gasteiger partial charge on any atom is 0.407 e. The van der Waals surface area contributed by atoms with Crippen molar-refractivity contribution in [1.29, 1.82) is 0 Å². The minimum Gasteiger partial charge on any atom is -0.444 e. The number of rotatable bonds is 51. The minimum atomic E-state index is -0.513. The van der Waals surface area contributed by atoms with Crippen LogP contribution in [0.4, 0.5) is 4.79 Å². The second kappa shape index (κ2) is 50.4. The quantitative estimate of drug-likeness (QED) is 0.0706. The van der Waals surface area contributed by atoms with E-state index in [-0.39, 0.29) is 0 Å². The van der Waals surface area contributed by atoms with Crippen molar-refractivity contribution in [2.45, 2.75) is 104 Å². The number of carbonyl (C=O) groups excluding carboxylic acids is 1. The Hall–Kier alpha value is -1.25. The molecule has 360 valence electrons. The maximum absolute atomic E-state index is 11.5. The number of alkyl carbamates (subject to hydrolysis) is 1. The molecule has 0 aliphatic carbocycles. The third-order valence-electron chi connectivity index (χ3n) is 8.27. The van der Waals surface area contributed by atoms with Crippen LogP contribution in [0.2, 0.25) is 0 Å². The average Bonchev–Trinajstić information content (AvgIpc) is 3.22. The highest BCUT2D eigenvalue weighted by Crippen LogP contribution is 2.11. The number of amides is 1. The topological polar surface area (TPSA) is 158 Å². The van der Waals surface area contributed by atoms with Gasteiger partial charge in [0.2, 0.25) is 0 Å². The molecule has 60 heavy (non-hydrogen) atoms. The summed E-state index contributed by atoms with van der Waals surface area (Å²) in [6.45, 7) is 21.6. The van der Waals surface area contributed by atoms with Crippen LogP contribution in [0, 0.1) is 0 Å². The summed E-state index contributed by atoms with van der Waals surface area (Å²) in [6, 6.07) is 0. The molecule has 0 fully saturated rings. The molecule has 0 atom stereocenters. The zero-order chi connectivity index (χ0) is 43.6. The van der Waals surface area contributed by atoms with Crippen molar-refractivity contribution in [3.63, 3.8) is 0 Å². The summed E-state index contributed by atoms with van der Waals surface area (Å²) in [5.41, 5.74) is -0.513. The van der Waals surface area contributed by atoms with Crippen LogP contribution >= 0.6 is 0 Å². The van der Waals surface area contributed by atoms with Crippen molar-refractivity contribution in [2.75, 3.05) is 178 Å². The van der Waals surface area contributed by atoms with E-state index in [9.17, 15) is 4.79 Å². The number of unbranched alkanes of at least 4 members (excludes halogenated alkanes) is 10. The SMILES string of the molecule is CCCCCCCCCCCCCOCCOCCOCCOCCOCCOCCOCCOCCOCCOCCOCCOCCOCCNC(=O)OC(C)(C)C. The lowest BCUT2D eigenvalue weighted by Crippen LogP contribution is -2.34. The number of ether oxygens (including phenoxy) is 14. The summed E-state index contributed by atoms with van der Waals surface area (Å²) >= 11 is 0. The molecule has 0 aromatic carbocycles. The number of hydrogen-bond donors (Lipinski definition) is 1. The molecule has 0 aromatic rings. The van der Waals surface area contributed by atoms with Crippen LogP contribution in [0.5, 0.6) is 0 Å². The fourth-order valence-corrected chi connectivity index (χ4v) is 5.15. The van der Waals surface area contributed by atoms with E-state index < -0.39 is 11.7 Å². The van der Waals surface area contributed by atoms with Gasteiger partial charge in [-0.3, -0.25) is 0 Å². The van der Waals surface area contributed by atoms with Crippen molar-refractivity contribution in [2.24, 2.45) is 0 Å². The molecule has 0 bridgehead atoms. The molecule has 0 aromatic heterocycles. The summed E-state index contributed by atoms with van der Waals surface area (Å²) in [5, 5.41) is 2.63. The van der Waals surface area contributed by atoms with Gasteiger partial charge in [-0.25, -0.2) is 4.79 Å². The van der Waals surface area contributed by atoms with Crippen LogP contribution in [0.3, 0.4) is 0 Å². The number of hydrogen-bond acceptors (Lipinski definition) is 15. The summed E-state index contributed by atoms with van der Waals surface area (Å²) < 4.78 is 76.8. The molecule has 0 saturated carbocycles. The summed E-state index contributed by atoms with van der Waals surface area (Å²) in [5.74, 6) is 0. The molecule has 0 heterocycles. The number of nitrogens with one attached hydrogen (secondary N) is 1. The second-order valence-corrected chi connectivity index (χ2v) is 14.9. The van der Waals surface area contributed by atoms with Gasteiger partial charge in [0.25, 0.3) is 0 Å². The summed E-state index contributed by atoms with van der Waals surface area (Å²) in [6.07, 6.45) is 14.4. The Morgan fingerprint density at radius 3 is 0.783 bits per heavy atom. The number of carbonyl (C=O) groups is 1. The minimum absolute atomic E-state index is 0.382. The fraction of sp³-hybridized carbons (Fsp3) is 0.977. The standard InChI is InChI=1S/C44H89NO15/c1-5-6-7-8-9-10-11-12-13-14-15-17-47-19-21-49-23-25-51-27-29-53-31-33-55-35-37-57-39-41-59-42-40-58-38-36-56-34-32-54-30-28-52-26-24-50-22-20-48-18-16-45-43(46)60-44(2,3)4/h5-42H2,1-4H3,(H,45,46). The lowest BCUT2D eigenvalue weighted by molar-refractivity contribution is -0.0290. The van der Waals surface area contributed by atoms with E-state index in [1.54, 1.807) is 0 Å². The van der Waals surface area contributed by atoms with Gasteiger partial charge in [0.15, 0.2) is 0 Å². The van der Waals surface area contributed by atoms with Gasteiger partial charge < -0.3 is 71.6 Å². The Balaban J connectivity index is 3.09. The molecule has 0 spiro atoms. The molecular formula is C44H89NO15. The highest BCUT2D eigenvalue weighted by molar-refractivity contribution is 5.67. The van der Waals surface area contributed by atoms with Crippen molar-refractivity contribution in [3.8, 4) is 0 Å². The van der Waals surface area contributed by atoms with Crippen molar-refractivity contribution < 1.29 is 71.1 Å². The van der Waals surface area contributed by atoms with E-state index in [1.807, 2.05) is 20.8 Å². The van der Waals surface area contributed by atoms with Gasteiger partial charge in [0.05, 0.1) is 165 Å². The van der Waals surface area contributed by atoms with Gasteiger partial charge >= 0.3 is 6.09 Å². The molecule has 0 aliphatic rings. The molecule has 1 N–H and O–H groups in total. The Bertz CT molecular complexity index is 825. The van der Waals surface area contributed by atoms with Crippen LogP contribution in [-0.4, -0.2) is 190 Å². The highest BCUT2D eigenvalue weighted by Gasteiger charge is 2.15. The van der Waals surface area contributed by atoms with Crippen LogP contribution in [0.25, 0.3) is 0 Å². The van der Waals surface area contributed by atoms with Crippen molar-refractivity contribution >= 4 is 6.09 Å². The smallest absolute Gasteiger partial charge is 0.407 e. The van der Waals surface area contributed by atoms with Crippen LogP contribution in [0.1, 0.15) is 98.3 Å². The van der Waals surface area contributed by atoms with E-state index >= 15 is 0 Å². The van der Waals surface area contributed by atoms with Crippen LogP contribution < -0.4 is 5.32 Å². The Labute approximate surface area is 364 Å². The third kappa shape index (κ3) is 54.8. The molecular weight excluding hydrogens is 782 g/mol. The molecule has 16 nitrogen and oxygen atoms in total. The summed E-state index contributed by atoms with van der Waals surface area (Å²) in [7, 11) is 0. The lowest BCUT2D eigenvalue weighted by atomic mass is 10.1. The summed E-state index contributed by atoms with van der Waals surface area (Å²) in [4.78, 5) is 11.5. The maximum atomic E-state index is 11.5. The average molecular weight is 872 g/mol. The normalized spacial score (nSPS) is 11.8. The second-order valence-electron chi connectivity index (χ2n) is 14.9. The van der Waals surface area contributed by atoms with Gasteiger partial charge in [-0.15, -0.1) is 0 Å². The predicted octanol–water partition coefficient (Wildman–Crippen LogP) is 6.04. The lowest BCUT2D eigenvalue weighted by Gasteiger charge is -2.19. The Morgan fingerprint density at radius 1 is 0.317 bits per heavy atom. The molecule has 16 heteroatoms. The van der Waals surface area contributed by atoms with Crippen molar-refractivity contribution in [1.82, 2.24) is 5.32 Å². The van der Waals surface area contributed by atoms with Crippen LogP contribution in [-0.2, 0) is 66.3 Å². The van der Waals surface area contributed by atoms with E-state index in [2.05, 4.69) is 12.2 Å². The van der Waals surface area contributed by atoms with Crippen LogP contribution in [0.15, 0.2) is 0 Å². The fourth-order valence-electron chi connectivity index (χ4n) is 5.15. The van der Waals surface area contributed by atoms with E-state index in [1.165, 1.54) is 64.2 Å². The van der Waals surface area contributed by atoms with Gasteiger partial charge in [-0.05, 0) is 27.2 Å². The van der Waals surface area contributed by atoms with Crippen molar-refractivity contribution in [3.05, 3.63) is 0 Å². The first kappa shape index (κ1) is 58.8. The molecule has 0 rings (SSSR count). The van der Waals surface area contributed by atoms with E-state index in [4.69, 9.17) is 66.3 Å². The van der Waals surface area contributed by atoms with Gasteiger partial charge in [-0.2, -0.15) is 0 Å². The molecule has 1 amide bonds. The van der Waals surface area contributed by atoms with E-state index in [0.717, 1.165) is 13.0 Å². The first-order valence-corrected chi connectivity index (χ1v) is 22.9. The molecule has 0 saturated heterocycles. The zero-order valence-corrected chi connectivity index (χ0v) is 38.5. The highest BCUT2D eigenvalue weighted by atomic mass is 16.6. The molecule has 0 radical (unpaired) electrons. The third-order valence-corrected chi connectivity index (χ3v) is 8.27. The van der Waals surface area contributed by atoms with Gasteiger partial charge in [0.1, 0.15) is 5.60 Å². The van der Waals surface area contributed by atoms with Gasteiger partial charge in [-0.1, -0.05) is 71.1 Å².